The molecule has 1 heterocycles. The maximum atomic E-state index is 5.38. The zero-order valence-electron chi connectivity index (χ0n) is 8.04. The number of ether oxygens (including phenoxy) is 1. The molecule has 0 atom stereocenters. The van der Waals surface area contributed by atoms with Crippen LogP contribution in [-0.2, 0) is 11.3 Å². The lowest BCUT2D eigenvalue weighted by atomic mass is 10.4. The molecule has 1 N–H and O–H groups in total. The van der Waals surface area contributed by atoms with Crippen LogP contribution in [0.1, 0.15) is 26.0 Å². The molecule has 0 unspecified atom stereocenters. The summed E-state index contributed by atoms with van der Waals surface area (Å²) in [5, 5.41) is 8.21. The van der Waals surface area contributed by atoms with Gasteiger partial charge in [0.05, 0.1) is 6.61 Å². The second kappa shape index (κ2) is 5.88. The van der Waals surface area contributed by atoms with Crippen LogP contribution in [0.15, 0.2) is 0 Å². The highest BCUT2D eigenvalue weighted by atomic mass is 32.1. The molecule has 1 rings (SSSR count). The molecular weight excluding hydrogens is 186 g/mol. The van der Waals surface area contributed by atoms with Crippen LogP contribution in [0.2, 0.25) is 0 Å². The van der Waals surface area contributed by atoms with E-state index in [-0.39, 0.29) is 0 Å². The van der Waals surface area contributed by atoms with Crippen molar-refractivity contribution in [3.8, 4) is 0 Å². The Balaban J connectivity index is 2.40. The molecule has 5 heteroatoms. The van der Waals surface area contributed by atoms with Crippen molar-refractivity contribution in [2.45, 2.75) is 26.9 Å². The summed E-state index contributed by atoms with van der Waals surface area (Å²) in [4.78, 5) is 0. The van der Waals surface area contributed by atoms with E-state index in [9.17, 15) is 0 Å². The van der Waals surface area contributed by atoms with Crippen LogP contribution < -0.4 is 5.32 Å². The molecule has 0 bridgehead atoms. The van der Waals surface area contributed by atoms with Gasteiger partial charge in [0.1, 0.15) is 10.7 Å². The SMILES string of the molecule is CCCOCc1nnsc1NCC. The summed E-state index contributed by atoms with van der Waals surface area (Å²) in [6.45, 7) is 6.38. The second-order valence-electron chi connectivity index (χ2n) is 2.63. The van der Waals surface area contributed by atoms with Gasteiger partial charge in [-0.25, -0.2) is 0 Å². The predicted molar refractivity (Wildman–Crippen MR) is 54.0 cm³/mol. The summed E-state index contributed by atoms with van der Waals surface area (Å²) in [7, 11) is 0. The summed E-state index contributed by atoms with van der Waals surface area (Å²) in [6, 6.07) is 0. The van der Waals surface area contributed by atoms with Crippen molar-refractivity contribution in [3.05, 3.63) is 5.69 Å². The number of aromatic nitrogens is 2. The molecule has 0 aromatic carbocycles. The van der Waals surface area contributed by atoms with E-state index < -0.39 is 0 Å². The third-order valence-electron chi connectivity index (χ3n) is 1.48. The molecule has 0 aliphatic rings. The first kappa shape index (κ1) is 10.4. The summed E-state index contributed by atoms with van der Waals surface area (Å²) in [6.07, 6.45) is 1.04. The van der Waals surface area contributed by atoms with Crippen LogP contribution >= 0.6 is 11.5 Å². The van der Waals surface area contributed by atoms with Crippen molar-refractivity contribution in [2.75, 3.05) is 18.5 Å². The van der Waals surface area contributed by atoms with Gasteiger partial charge in [-0.05, 0) is 13.3 Å². The molecule has 1 aromatic heterocycles. The van der Waals surface area contributed by atoms with Gasteiger partial charge >= 0.3 is 0 Å². The van der Waals surface area contributed by atoms with E-state index in [1.54, 1.807) is 0 Å². The summed E-state index contributed by atoms with van der Waals surface area (Å²) in [5.41, 5.74) is 0.917. The quantitative estimate of drug-likeness (QED) is 0.714. The molecular formula is C8H15N3OS. The third kappa shape index (κ3) is 3.28. The lowest BCUT2D eigenvalue weighted by molar-refractivity contribution is 0.119. The molecule has 0 radical (unpaired) electrons. The molecule has 0 fully saturated rings. The highest BCUT2D eigenvalue weighted by molar-refractivity contribution is 7.10. The van der Waals surface area contributed by atoms with Gasteiger partial charge in [0, 0.05) is 24.7 Å². The van der Waals surface area contributed by atoms with Gasteiger partial charge in [0.15, 0.2) is 0 Å². The Kier molecular flexibility index (Phi) is 4.70. The van der Waals surface area contributed by atoms with E-state index in [1.807, 2.05) is 0 Å². The molecule has 13 heavy (non-hydrogen) atoms. The maximum absolute atomic E-state index is 5.38. The minimum atomic E-state index is 0.562. The van der Waals surface area contributed by atoms with Crippen LogP contribution in [0.5, 0.6) is 0 Å². The standard InChI is InChI=1S/C8H15N3OS/c1-3-5-12-6-7-8(9-4-2)13-11-10-7/h9H,3-6H2,1-2H3. The first-order valence-electron chi connectivity index (χ1n) is 4.51. The molecule has 74 valence electrons. The second-order valence-corrected chi connectivity index (χ2v) is 3.39. The number of hydrogen-bond donors (Lipinski definition) is 1. The van der Waals surface area contributed by atoms with Gasteiger partial charge in [0.2, 0.25) is 0 Å². The summed E-state index contributed by atoms with van der Waals surface area (Å²) in [5.74, 6) is 0. The van der Waals surface area contributed by atoms with E-state index in [2.05, 4.69) is 28.8 Å². The summed E-state index contributed by atoms with van der Waals surface area (Å²) >= 11 is 1.38. The van der Waals surface area contributed by atoms with Gasteiger partial charge in [-0.1, -0.05) is 11.4 Å². The third-order valence-corrected chi connectivity index (χ3v) is 2.21. The number of anilines is 1. The van der Waals surface area contributed by atoms with E-state index in [0.29, 0.717) is 6.61 Å². The highest BCUT2D eigenvalue weighted by Gasteiger charge is 2.05. The highest BCUT2D eigenvalue weighted by Crippen LogP contribution is 2.17. The molecule has 0 aliphatic heterocycles. The minimum absolute atomic E-state index is 0.562. The molecule has 1 aromatic rings. The first-order valence-corrected chi connectivity index (χ1v) is 5.28. The lowest BCUT2D eigenvalue weighted by Gasteiger charge is -2.02. The number of nitrogens with one attached hydrogen (secondary N) is 1. The Bertz CT molecular complexity index is 239. The normalized spacial score (nSPS) is 10.3. The summed E-state index contributed by atoms with van der Waals surface area (Å²) < 4.78 is 9.25. The van der Waals surface area contributed by atoms with Crippen LogP contribution in [0.4, 0.5) is 5.00 Å². The Hall–Kier alpha value is -0.680. The molecule has 0 aliphatic carbocycles. The Morgan fingerprint density at radius 3 is 3.00 bits per heavy atom. The Morgan fingerprint density at radius 2 is 2.31 bits per heavy atom. The Labute approximate surface area is 82.5 Å². The fourth-order valence-electron chi connectivity index (χ4n) is 0.911. The average Bonchev–Trinajstić information content (AvgIpc) is 2.54. The van der Waals surface area contributed by atoms with Crippen molar-refractivity contribution in [1.82, 2.24) is 9.59 Å². The van der Waals surface area contributed by atoms with Crippen LogP contribution in [0.25, 0.3) is 0 Å². The van der Waals surface area contributed by atoms with E-state index >= 15 is 0 Å². The van der Waals surface area contributed by atoms with E-state index in [1.165, 1.54) is 11.5 Å². The zero-order chi connectivity index (χ0) is 9.52. The number of rotatable bonds is 6. The van der Waals surface area contributed by atoms with Gasteiger partial charge in [-0.2, -0.15) is 0 Å². The monoisotopic (exact) mass is 201 g/mol. The average molecular weight is 201 g/mol. The minimum Gasteiger partial charge on any atom is -0.375 e. The molecule has 0 saturated carbocycles. The number of hydrogen-bond acceptors (Lipinski definition) is 5. The largest absolute Gasteiger partial charge is 0.375 e. The van der Waals surface area contributed by atoms with Gasteiger partial charge < -0.3 is 10.1 Å². The predicted octanol–water partition coefficient (Wildman–Crippen LogP) is 1.90. The van der Waals surface area contributed by atoms with Crippen molar-refractivity contribution in [1.29, 1.82) is 0 Å². The topological polar surface area (TPSA) is 47.0 Å². The van der Waals surface area contributed by atoms with Gasteiger partial charge in [-0.15, -0.1) is 5.10 Å². The van der Waals surface area contributed by atoms with Crippen LogP contribution in [-0.4, -0.2) is 22.7 Å². The smallest absolute Gasteiger partial charge is 0.135 e. The maximum Gasteiger partial charge on any atom is 0.135 e. The van der Waals surface area contributed by atoms with Crippen molar-refractivity contribution < 1.29 is 4.74 Å². The molecule has 4 nitrogen and oxygen atoms in total. The Morgan fingerprint density at radius 1 is 1.46 bits per heavy atom. The van der Waals surface area contributed by atoms with Crippen LogP contribution in [0, 0.1) is 0 Å². The fourth-order valence-corrected chi connectivity index (χ4v) is 1.55. The fraction of sp³-hybridized carbons (Fsp3) is 0.750. The molecule has 0 spiro atoms. The zero-order valence-corrected chi connectivity index (χ0v) is 8.86. The van der Waals surface area contributed by atoms with Crippen LogP contribution in [0.3, 0.4) is 0 Å². The van der Waals surface area contributed by atoms with Crippen molar-refractivity contribution in [2.24, 2.45) is 0 Å². The number of nitrogens with zero attached hydrogens (tertiary/aromatic N) is 2. The molecule has 0 saturated heterocycles. The van der Waals surface area contributed by atoms with E-state index in [0.717, 1.165) is 30.3 Å². The van der Waals surface area contributed by atoms with Gasteiger partial charge in [0.25, 0.3) is 0 Å². The van der Waals surface area contributed by atoms with Crippen molar-refractivity contribution in [3.63, 3.8) is 0 Å². The lowest BCUT2D eigenvalue weighted by Crippen LogP contribution is -2.01. The van der Waals surface area contributed by atoms with Gasteiger partial charge in [-0.3, -0.25) is 0 Å². The first-order chi connectivity index (χ1) is 6.38. The van der Waals surface area contributed by atoms with Crippen molar-refractivity contribution >= 4 is 16.5 Å². The molecule has 0 amide bonds. The van der Waals surface area contributed by atoms with E-state index in [4.69, 9.17) is 4.74 Å².